The van der Waals surface area contributed by atoms with Crippen LogP contribution in [0.15, 0.2) is 0 Å². The maximum absolute atomic E-state index is 13.1. The summed E-state index contributed by atoms with van der Waals surface area (Å²) >= 11 is 0. The fourth-order valence-corrected chi connectivity index (χ4v) is 12.8. The van der Waals surface area contributed by atoms with Crippen molar-refractivity contribution in [1.82, 2.24) is 0 Å². The summed E-state index contributed by atoms with van der Waals surface area (Å²) in [6.07, 6.45) is 47.1. The zero-order chi connectivity index (χ0) is 68.9. The smallest absolute Gasteiger partial charge is 0.462 e. The van der Waals surface area contributed by atoms with E-state index >= 15 is 0 Å². The Kier molecular flexibility index (Phi) is 62.2. The van der Waals surface area contributed by atoms with Crippen LogP contribution >= 0.6 is 15.6 Å². The van der Waals surface area contributed by atoms with Gasteiger partial charge >= 0.3 is 39.5 Å². The molecule has 5 atom stereocenters. The molecular weight excluding hydrogens is 1220 g/mol. The molecule has 0 aromatic carbocycles. The number of aliphatic hydroxyl groups is 1. The Morgan fingerprint density at radius 3 is 0.667 bits per heavy atom. The minimum atomic E-state index is -4.96. The molecule has 0 saturated carbocycles. The first-order valence-electron chi connectivity index (χ1n) is 38.2. The van der Waals surface area contributed by atoms with E-state index in [0.29, 0.717) is 25.7 Å². The van der Waals surface area contributed by atoms with Crippen molar-refractivity contribution in [3.8, 4) is 0 Å². The van der Waals surface area contributed by atoms with E-state index in [2.05, 4.69) is 55.4 Å². The zero-order valence-electron chi connectivity index (χ0n) is 60.9. The van der Waals surface area contributed by atoms with Crippen molar-refractivity contribution in [2.24, 2.45) is 23.7 Å². The van der Waals surface area contributed by atoms with Crippen LogP contribution in [0.1, 0.15) is 370 Å². The lowest BCUT2D eigenvalue weighted by molar-refractivity contribution is -0.161. The van der Waals surface area contributed by atoms with E-state index in [1.165, 1.54) is 173 Å². The molecule has 19 heteroatoms. The fraction of sp³-hybridized carbons (Fsp3) is 0.946. The molecule has 3 N–H and O–H groups in total. The number of carbonyl (C=O) groups excluding carboxylic acids is 4. The molecule has 0 aliphatic carbocycles. The average molecular weight is 1370 g/mol. The molecule has 0 aliphatic rings. The predicted molar refractivity (Wildman–Crippen MR) is 377 cm³/mol. The van der Waals surface area contributed by atoms with Crippen molar-refractivity contribution in [3.05, 3.63) is 0 Å². The number of ether oxygens (including phenoxy) is 4. The van der Waals surface area contributed by atoms with Gasteiger partial charge in [-0.1, -0.05) is 319 Å². The molecule has 552 valence electrons. The number of aliphatic hydroxyl groups excluding tert-OH is 1. The van der Waals surface area contributed by atoms with Crippen LogP contribution in [0.3, 0.4) is 0 Å². The first kappa shape index (κ1) is 91.1. The summed E-state index contributed by atoms with van der Waals surface area (Å²) < 4.78 is 68.5. The number of hydrogen-bond donors (Lipinski definition) is 3. The van der Waals surface area contributed by atoms with E-state index in [1.54, 1.807) is 0 Å². The summed E-state index contributed by atoms with van der Waals surface area (Å²) in [7, 11) is -9.91. The number of phosphoric ester groups is 2. The molecule has 3 unspecified atom stereocenters. The van der Waals surface area contributed by atoms with Crippen molar-refractivity contribution in [3.63, 3.8) is 0 Å². The molecule has 0 saturated heterocycles. The predicted octanol–water partition coefficient (Wildman–Crippen LogP) is 21.3. The van der Waals surface area contributed by atoms with Gasteiger partial charge in [-0.2, -0.15) is 0 Å². The summed E-state index contributed by atoms with van der Waals surface area (Å²) in [6.45, 7) is 14.2. The van der Waals surface area contributed by atoms with E-state index < -0.39 is 97.5 Å². The Balaban J connectivity index is 5.27. The van der Waals surface area contributed by atoms with Crippen LogP contribution in [0, 0.1) is 23.7 Å². The van der Waals surface area contributed by atoms with Gasteiger partial charge in [-0.15, -0.1) is 0 Å². The van der Waals surface area contributed by atoms with Gasteiger partial charge in [0.1, 0.15) is 19.3 Å². The lowest BCUT2D eigenvalue weighted by Crippen LogP contribution is -2.30. The maximum Gasteiger partial charge on any atom is 0.472 e. The monoisotopic (exact) mass is 1370 g/mol. The third-order valence-corrected chi connectivity index (χ3v) is 19.0. The van der Waals surface area contributed by atoms with Crippen molar-refractivity contribution < 1.29 is 80.2 Å². The van der Waals surface area contributed by atoms with Crippen molar-refractivity contribution in [2.75, 3.05) is 39.6 Å². The van der Waals surface area contributed by atoms with E-state index in [4.69, 9.17) is 37.0 Å². The Bertz CT molecular complexity index is 1830. The SMILES string of the molecule is CC(C)CCCCCCCCCCCCCC(=O)OC[C@H](COP(=O)(O)OCC(O)COP(=O)(O)OC[C@@H](COC(=O)CCCCCCCCCCC(C)C)OC(=O)CCCCCCCCCCCCCC(C)C)OC(=O)CCCCCCCCCCCCCC(C)C. The fourth-order valence-electron chi connectivity index (χ4n) is 11.2. The molecule has 93 heavy (non-hydrogen) atoms. The molecule has 0 aliphatic heterocycles. The van der Waals surface area contributed by atoms with E-state index in [9.17, 15) is 43.2 Å². The highest BCUT2D eigenvalue weighted by molar-refractivity contribution is 7.47. The van der Waals surface area contributed by atoms with E-state index in [1.807, 2.05) is 0 Å². The quantitative estimate of drug-likeness (QED) is 0.0222. The number of unbranched alkanes of at least 4 members (excludes halogenated alkanes) is 37. The van der Waals surface area contributed by atoms with Crippen LogP contribution in [-0.2, 0) is 65.4 Å². The molecule has 17 nitrogen and oxygen atoms in total. The van der Waals surface area contributed by atoms with Crippen LogP contribution < -0.4 is 0 Å². The van der Waals surface area contributed by atoms with Gasteiger partial charge in [0.15, 0.2) is 12.2 Å². The molecule has 0 rings (SSSR count). The van der Waals surface area contributed by atoms with Crippen LogP contribution in [0.4, 0.5) is 0 Å². The molecule has 0 fully saturated rings. The van der Waals surface area contributed by atoms with Gasteiger partial charge in [0.2, 0.25) is 0 Å². The molecule has 0 aromatic rings. The lowest BCUT2D eigenvalue weighted by Gasteiger charge is -2.21. The van der Waals surface area contributed by atoms with Crippen LogP contribution in [0.5, 0.6) is 0 Å². The second kappa shape index (κ2) is 63.5. The second-order valence-corrected chi connectivity index (χ2v) is 31.5. The number of hydrogen-bond acceptors (Lipinski definition) is 15. The number of phosphoric acid groups is 2. The second-order valence-electron chi connectivity index (χ2n) is 28.6. The molecule has 0 spiro atoms. The van der Waals surface area contributed by atoms with Crippen LogP contribution in [-0.4, -0.2) is 96.7 Å². The summed E-state index contributed by atoms with van der Waals surface area (Å²) in [4.78, 5) is 72.8. The van der Waals surface area contributed by atoms with Gasteiger partial charge < -0.3 is 33.8 Å². The maximum atomic E-state index is 13.1. The van der Waals surface area contributed by atoms with Crippen molar-refractivity contribution in [2.45, 2.75) is 388 Å². The summed E-state index contributed by atoms with van der Waals surface area (Å²) in [5.74, 6) is 0.905. The van der Waals surface area contributed by atoms with Gasteiger partial charge in [-0.3, -0.25) is 37.3 Å². The Hall–Kier alpha value is -1.94. The number of carbonyl (C=O) groups is 4. The van der Waals surface area contributed by atoms with Crippen molar-refractivity contribution >= 4 is 39.5 Å². The Morgan fingerprint density at radius 2 is 0.452 bits per heavy atom. The average Bonchev–Trinajstić information content (AvgIpc) is 2.73. The molecule has 0 bridgehead atoms. The molecular formula is C74H144O17P2. The van der Waals surface area contributed by atoms with E-state index in [-0.39, 0.29) is 25.7 Å². The number of esters is 4. The molecule has 0 heterocycles. The summed E-state index contributed by atoms with van der Waals surface area (Å²) in [5, 5.41) is 10.6. The first-order chi connectivity index (χ1) is 44.6. The highest BCUT2D eigenvalue weighted by atomic mass is 31.2. The number of rotatable bonds is 71. The van der Waals surface area contributed by atoms with Gasteiger partial charge in [0, 0.05) is 25.7 Å². The van der Waals surface area contributed by atoms with Crippen LogP contribution in [0.2, 0.25) is 0 Å². The third-order valence-electron chi connectivity index (χ3n) is 17.1. The lowest BCUT2D eigenvalue weighted by atomic mass is 10.0. The van der Waals surface area contributed by atoms with Crippen molar-refractivity contribution in [1.29, 1.82) is 0 Å². The van der Waals surface area contributed by atoms with Crippen LogP contribution in [0.25, 0.3) is 0 Å². The largest absolute Gasteiger partial charge is 0.472 e. The van der Waals surface area contributed by atoms with Gasteiger partial charge in [-0.05, 0) is 49.4 Å². The summed E-state index contributed by atoms with van der Waals surface area (Å²) in [5.41, 5.74) is 0. The molecule has 0 radical (unpaired) electrons. The zero-order valence-corrected chi connectivity index (χ0v) is 62.7. The highest BCUT2D eigenvalue weighted by Crippen LogP contribution is 2.45. The highest BCUT2D eigenvalue weighted by Gasteiger charge is 2.30. The molecule has 0 amide bonds. The Labute approximate surface area is 568 Å². The normalized spacial score (nSPS) is 14.2. The van der Waals surface area contributed by atoms with Gasteiger partial charge in [-0.25, -0.2) is 9.13 Å². The minimum absolute atomic E-state index is 0.105. The topological polar surface area (TPSA) is 237 Å². The van der Waals surface area contributed by atoms with Gasteiger partial charge in [0.25, 0.3) is 0 Å². The Morgan fingerprint density at radius 1 is 0.269 bits per heavy atom. The summed E-state index contributed by atoms with van der Waals surface area (Å²) in [6, 6.07) is 0. The minimum Gasteiger partial charge on any atom is -0.462 e. The molecule has 0 aromatic heterocycles. The third kappa shape index (κ3) is 68.4. The van der Waals surface area contributed by atoms with E-state index in [0.717, 1.165) is 114 Å². The standard InChI is InChI=1S/C74H144O17P2/c1-64(2)50-42-34-26-18-12-9-15-21-30-38-46-54-71(76)84-60-69(90-73(78)56-48-40-32-22-16-10-13-19-27-35-43-51-65(3)4)62-88-92(80,81)86-58-68(75)59-87-93(82,83)89-63-70(61-85-72(77)55-47-39-31-25-24-29-37-45-53-67(7)8)91-74(79)57-49-41-33-23-17-11-14-20-28-36-44-52-66(5)6/h64-70,75H,9-63H2,1-8H3,(H,80,81)(H,82,83)/t68?,69-,70-/m1/s1. The first-order valence-corrected chi connectivity index (χ1v) is 41.2. The van der Waals surface area contributed by atoms with Gasteiger partial charge in [0.05, 0.1) is 26.4 Å².